The average Bonchev–Trinajstić information content (AvgIpc) is 4.05. The number of carbonyl (C=O) groups excluding carboxylic acids is 3. The molecule has 0 aliphatic carbocycles. The first kappa shape index (κ1) is 76.1. The molecule has 0 unspecified atom stereocenters. The van der Waals surface area contributed by atoms with Crippen molar-refractivity contribution in [1.82, 2.24) is 59.5 Å². The maximum absolute atomic E-state index is 10.0. The van der Waals surface area contributed by atoms with Crippen LogP contribution in [-0.4, -0.2) is 134 Å². The Morgan fingerprint density at radius 3 is 0.493 bits per heavy atom. The maximum atomic E-state index is 10.0. The minimum atomic E-state index is -0.125. The first-order valence-corrected chi connectivity index (χ1v) is 21.7. The monoisotopic (exact) mass is 1500 g/mol. The molecule has 0 atom stereocenters. The van der Waals surface area contributed by atoms with Crippen LogP contribution in [0.3, 0.4) is 0 Å². The molecule has 3 N–H and O–H groups in total. The molecule has 6 aliphatic heterocycles. The van der Waals surface area contributed by atoms with Crippen LogP contribution in [0, 0.1) is 40.0 Å². The zero-order valence-corrected chi connectivity index (χ0v) is 51.4. The van der Waals surface area contributed by atoms with Crippen LogP contribution in [0.15, 0.2) is 110 Å². The molecule has 0 aromatic carbocycles. The number of rotatable bonds is 6. The van der Waals surface area contributed by atoms with E-state index < -0.39 is 0 Å². The Morgan fingerprint density at radius 1 is 0.333 bits per heavy atom. The third kappa shape index (κ3) is 44.6. The molecule has 6 aliphatic rings. The van der Waals surface area contributed by atoms with E-state index in [4.69, 9.17) is 15.3 Å². The molecule has 3 radical (unpaired) electrons. The minimum absolute atomic E-state index is 0. The third-order valence-electron chi connectivity index (χ3n) is 6.57. The molecule has 6 rings (SSSR count). The Morgan fingerprint density at radius 2 is 0.449 bits per heavy atom. The fourth-order valence-corrected chi connectivity index (χ4v) is 4.32. The van der Waals surface area contributed by atoms with Gasteiger partial charge in [0.1, 0.15) is 0 Å². The summed E-state index contributed by atoms with van der Waals surface area (Å²) in [7, 11) is 12.0. The van der Waals surface area contributed by atoms with E-state index in [2.05, 4.69) is 41.5 Å². The van der Waals surface area contributed by atoms with E-state index in [1.165, 1.54) is 79.0 Å². The Kier molecular flexibility index (Phi) is 50.8. The second-order valence-corrected chi connectivity index (χ2v) is 15.1. The molecule has 0 aromatic heterocycles. The third-order valence-corrected chi connectivity index (χ3v) is 6.57. The fourth-order valence-electron chi connectivity index (χ4n) is 4.32. The van der Waals surface area contributed by atoms with E-state index >= 15 is 0 Å². The van der Waals surface area contributed by atoms with Gasteiger partial charge in [0, 0.05) is 116 Å². The van der Waals surface area contributed by atoms with Crippen molar-refractivity contribution in [2.45, 2.75) is 102 Å². The number of hydrazine groups is 3. The second kappa shape index (κ2) is 46.0. The molecule has 0 saturated heterocycles. The summed E-state index contributed by atoms with van der Waals surface area (Å²) in [6.07, 6.45) is 31.2. The van der Waals surface area contributed by atoms with Crippen molar-refractivity contribution in [3.8, 4) is 0 Å². The first-order chi connectivity index (χ1) is 30.9. The van der Waals surface area contributed by atoms with E-state index in [9.17, 15) is 14.4 Å². The molecule has 21 heteroatoms. The van der Waals surface area contributed by atoms with Crippen LogP contribution in [-0.2, 0) is 74.7 Å². The minimum Gasteiger partial charge on any atom is -0.512 e. The number of hydrogen-bond acceptors (Lipinski definition) is 18. The Labute approximate surface area is 458 Å². The molecule has 0 saturated carbocycles. The van der Waals surface area contributed by atoms with Gasteiger partial charge in [-0.2, -0.15) is 0 Å². The van der Waals surface area contributed by atoms with E-state index in [1.807, 2.05) is 216 Å². The van der Waals surface area contributed by atoms with Crippen molar-refractivity contribution in [1.29, 1.82) is 0 Å². The summed E-state index contributed by atoms with van der Waals surface area (Å²) in [5.41, 5.74) is 0. The van der Waals surface area contributed by atoms with Gasteiger partial charge in [-0.3, -0.25) is 14.4 Å². The summed E-state index contributed by atoms with van der Waals surface area (Å²) in [6.45, 7) is 33.3. The topological polar surface area (TPSA) is 151 Å². The number of nitrogens with zero attached hydrogens (tertiary/aromatic N) is 12. The number of carbonyl (C=O) groups is 3. The molecule has 18 nitrogen and oxygen atoms in total. The van der Waals surface area contributed by atoms with Gasteiger partial charge in [-0.25, -0.2) is 0 Å². The summed E-state index contributed by atoms with van der Waals surface area (Å²) < 4.78 is 0. The van der Waals surface area contributed by atoms with Crippen molar-refractivity contribution in [2.75, 3.05) is 42.3 Å². The molecule has 0 amide bonds. The largest absolute Gasteiger partial charge is 0.512 e. The normalized spacial score (nSPS) is 15.7. The Bertz CT molecular complexity index is 1370. The predicted molar refractivity (Wildman–Crippen MR) is 267 cm³/mol. The van der Waals surface area contributed by atoms with Gasteiger partial charge in [0.2, 0.25) is 0 Å². The molecule has 0 aromatic rings. The summed E-state index contributed by atoms with van der Waals surface area (Å²) in [6, 6.07) is 0. The Balaban J connectivity index is -0.000000168. The van der Waals surface area contributed by atoms with Crippen LogP contribution in [0.5, 0.6) is 0 Å². The van der Waals surface area contributed by atoms with Gasteiger partial charge in [0.15, 0.2) is 17.3 Å². The zero-order valence-electron chi connectivity index (χ0n) is 44.2. The van der Waals surface area contributed by atoms with Crippen molar-refractivity contribution >= 4 is 17.3 Å². The molecule has 405 valence electrons. The average molecular weight is 1500 g/mol. The molecule has 0 bridgehead atoms. The quantitative estimate of drug-likeness (QED) is 0.132. The molecule has 6 heterocycles. The van der Waals surface area contributed by atoms with Crippen LogP contribution in [0.2, 0.25) is 0 Å². The smallest absolute Gasteiger partial charge is 0.155 e. The van der Waals surface area contributed by atoms with E-state index in [1.54, 1.807) is 0 Å². The number of aliphatic hydroxyl groups excluding tert-OH is 3. The van der Waals surface area contributed by atoms with Gasteiger partial charge in [-0.05, 0) is 121 Å². The predicted octanol–water partition coefficient (Wildman–Crippen LogP) is 9.08. The fraction of sp³-hybridized carbons (Fsp3) is 0.438. The first-order valence-electron chi connectivity index (χ1n) is 21.7. The Hall–Kier alpha value is -4.38. The van der Waals surface area contributed by atoms with Gasteiger partial charge in [0.05, 0.1) is 17.3 Å². The van der Waals surface area contributed by atoms with Gasteiger partial charge in [-0.15, -0.1) is 40.0 Å². The van der Waals surface area contributed by atoms with E-state index in [0.717, 1.165) is 0 Å². The van der Waals surface area contributed by atoms with Crippen LogP contribution in [0.25, 0.3) is 0 Å². The van der Waals surface area contributed by atoms with Gasteiger partial charge < -0.3 is 74.8 Å². The maximum Gasteiger partial charge on any atom is 0.155 e. The molecular weight excluding hydrogens is 1420 g/mol. The van der Waals surface area contributed by atoms with Crippen LogP contribution in [0.1, 0.15) is 102 Å². The van der Waals surface area contributed by atoms with Crippen molar-refractivity contribution < 1.29 is 90.0 Å². The second-order valence-electron chi connectivity index (χ2n) is 15.1. The molecular formula is C48H84Ir3N12O6-6. The summed E-state index contributed by atoms with van der Waals surface area (Å²) in [5.74, 6) is -0.187. The summed E-state index contributed by atoms with van der Waals surface area (Å²) in [4.78, 5) is 42.1. The van der Waals surface area contributed by atoms with Gasteiger partial charge >= 0.3 is 0 Å². The summed E-state index contributed by atoms with van der Waals surface area (Å²) >= 11 is 0. The van der Waals surface area contributed by atoms with Crippen molar-refractivity contribution in [2.24, 2.45) is 0 Å². The SMILES string of the molecule is CC(=O)C=C(C)O.CC(=O)C=C(C)O.CC(=O)C=C(C)O.CCC.CCC.CCC.CN1C=CN(N2C=CN(C)[CH-]2)[CH-]1.CN1C=CN(N2C=CN(C)[CH-]2)[CH-]1.CN1C=CN(N2C=CN(C)[CH-]2)[CH-]1.[Ir].[Ir].[Ir]. The van der Waals surface area contributed by atoms with Gasteiger partial charge in [-0.1, -0.05) is 60.8 Å². The summed E-state index contributed by atoms with van der Waals surface area (Å²) in [5, 5.41) is 37.1. The molecule has 69 heavy (non-hydrogen) atoms. The molecule has 0 fully saturated rings. The van der Waals surface area contributed by atoms with Gasteiger partial charge in [0.25, 0.3) is 0 Å². The van der Waals surface area contributed by atoms with Crippen molar-refractivity contribution in [3.63, 3.8) is 0 Å². The van der Waals surface area contributed by atoms with E-state index in [0.29, 0.717) is 0 Å². The standard InChI is InChI=1S/3C8H12N4.3C5H8O2.3C3H8.3Ir/c3*1-9-3-5-11(7-9)12-6-4-10(2)8-12;3*1-4(6)3-5(2)7;3*1-3-2;;;/h3*3-8H,1-2H3;3*3,6H,1-2H3;3*3H2,1-2H3;;;/q3*-2;;;;;;;;;. The number of ketones is 3. The van der Waals surface area contributed by atoms with Crippen LogP contribution >= 0.6 is 0 Å². The van der Waals surface area contributed by atoms with E-state index in [-0.39, 0.29) is 94.9 Å². The number of aliphatic hydroxyl groups is 3. The number of allylic oxidation sites excluding steroid dienone is 6. The van der Waals surface area contributed by atoms with Crippen molar-refractivity contribution in [3.05, 3.63) is 150 Å². The number of hydrogen-bond donors (Lipinski definition) is 3. The zero-order chi connectivity index (χ0) is 51.4. The van der Waals surface area contributed by atoms with Crippen LogP contribution < -0.4 is 0 Å². The molecule has 0 spiro atoms. The van der Waals surface area contributed by atoms with Crippen LogP contribution in [0.4, 0.5) is 0 Å².